The molecule has 0 aliphatic heterocycles. The van der Waals surface area contributed by atoms with Crippen molar-refractivity contribution in [1.82, 2.24) is 0 Å². The van der Waals surface area contributed by atoms with Crippen LogP contribution in [0.3, 0.4) is 0 Å². The van der Waals surface area contributed by atoms with E-state index in [1.807, 2.05) is 0 Å². The highest BCUT2D eigenvalue weighted by Gasteiger charge is 2.47. The van der Waals surface area contributed by atoms with E-state index in [9.17, 15) is 0 Å². The number of hydrogen-bond acceptors (Lipinski definition) is 0. The Morgan fingerprint density at radius 1 is 1.11 bits per heavy atom. The van der Waals surface area contributed by atoms with E-state index in [2.05, 4.69) is 27.7 Å². The second-order valence-electron chi connectivity index (χ2n) is 7.64. The molecular formula is C18H34. The highest BCUT2D eigenvalue weighted by Crippen LogP contribution is 2.56. The topological polar surface area (TPSA) is 0 Å². The normalized spacial score (nSPS) is 38.0. The van der Waals surface area contributed by atoms with Crippen LogP contribution >= 0.6 is 0 Å². The zero-order chi connectivity index (χ0) is 13.1. The number of rotatable bonds is 7. The third-order valence-corrected chi connectivity index (χ3v) is 5.76. The van der Waals surface area contributed by atoms with Crippen LogP contribution in [0.4, 0.5) is 0 Å². The summed E-state index contributed by atoms with van der Waals surface area (Å²) in [6, 6.07) is 0. The van der Waals surface area contributed by atoms with Crippen molar-refractivity contribution >= 4 is 0 Å². The molecule has 0 radical (unpaired) electrons. The Kier molecular flexibility index (Phi) is 5.15. The van der Waals surface area contributed by atoms with Crippen LogP contribution in [0.2, 0.25) is 0 Å². The van der Waals surface area contributed by atoms with Crippen LogP contribution in [0, 0.1) is 35.5 Å². The molecule has 6 unspecified atom stereocenters. The van der Waals surface area contributed by atoms with Crippen LogP contribution in [0.25, 0.3) is 0 Å². The summed E-state index contributed by atoms with van der Waals surface area (Å²) in [6.07, 6.45) is 12.0. The third-order valence-electron chi connectivity index (χ3n) is 5.76. The Hall–Kier alpha value is 0. The molecule has 2 aliphatic carbocycles. The second-order valence-corrected chi connectivity index (χ2v) is 7.64. The van der Waals surface area contributed by atoms with Crippen LogP contribution in [0.5, 0.6) is 0 Å². The van der Waals surface area contributed by atoms with E-state index >= 15 is 0 Å². The summed E-state index contributed by atoms with van der Waals surface area (Å²) >= 11 is 0. The lowest BCUT2D eigenvalue weighted by molar-refractivity contribution is 0.202. The van der Waals surface area contributed by atoms with Gasteiger partial charge in [0.05, 0.1) is 0 Å². The molecule has 0 spiro atoms. The molecule has 0 aromatic heterocycles. The van der Waals surface area contributed by atoms with Gasteiger partial charge >= 0.3 is 0 Å². The van der Waals surface area contributed by atoms with Gasteiger partial charge in [0.25, 0.3) is 0 Å². The van der Waals surface area contributed by atoms with Crippen molar-refractivity contribution in [3.63, 3.8) is 0 Å². The molecule has 0 nitrogen and oxygen atoms in total. The molecule has 2 fully saturated rings. The molecule has 2 saturated carbocycles. The second kappa shape index (κ2) is 6.44. The Balaban J connectivity index is 1.83. The standard InChI is InChI=1S/C18H34/c1-5-7-15(8-13(3)6-2)11-16-9-14(4)10-17-12-18(16)17/h13-18H,5-12H2,1-4H3. The van der Waals surface area contributed by atoms with E-state index < -0.39 is 0 Å². The van der Waals surface area contributed by atoms with Gasteiger partial charge in [-0.2, -0.15) is 0 Å². The molecule has 0 saturated heterocycles. The minimum absolute atomic E-state index is 0.942. The van der Waals surface area contributed by atoms with Gasteiger partial charge < -0.3 is 0 Å². The minimum atomic E-state index is 0.942. The molecule has 0 amide bonds. The van der Waals surface area contributed by atoms with Gasteiger partial charge in [-0.1, -0.05) is 47.0 Å². The Morgan fingerprint density at radius 2 is 1.89 bits per heavy atom. The number of fused-ring (bicyclic) bond motifs is 1. The lowest BCUT2D eigenvalue weighted by Crippen LogP contribution is -2.20. The average molecular weight is 250 g/mol. The van der Waals surface area contributed by atoms with E-state index in [1.165, 1.54) is 25.7 Å². The van der Waals surface area contributed by atoms with Crippen LogP contribution in [0.1, 0.15) is 79.1 Å². The third kappa shape index (κ3) is 3.75. The van der Waals surface area contributed by atoms with Gasteiger partial charge in [0, 0.05) is 0 Å². The summed E-state index contributed by atoms with van der Waals surface area (Å²) < 4.78 is 0. The maximum atomic E-state index is 2.49. The molecule has 2 rings (SSSR count). The highest BCUT2D eigenvalue weighted by atomic mass is 14.5. The SMILES string of the molecule is CCCC(CC(C)CC)CC1CC(C)CC2CC12. The Bertz CT molecular complexity index is 244. The first kappa shape index (κ1) is 14.4. The molecule has 0 heterocycles. The van der Waals surface area contributed by atoms with Crippen molar-refractivity contribution in [3.05, 3.63) is 0 Å². The van der Waals surface area contributed by atoms with Gasteiger partial charge in [-0.3, -0.25) is 0 Å². The fourth-order valence-electron chi connectivity index (χ4n) is 4.60. The van der Waals surface area contributed by atoms with Gasteiger partial charge in [-0.25, -0.2) is 0 Å². The Labute approximate surface area is 115 Å². The number of hydrogen-bond donors (Lipinski definition) is 0. The van der Waals surface area contributed by atoms with Crippen molar-refractivity contribution < 1.29 is 0 Å². The van der Waals surface area contributed by atoms with E-state index in [1.54, 1.807) is 25.7 Å². The summed E-state index contributed by atoms with van der Waals surface area (Å²) in [7, 11) is 0. The van der Waals surface area contributed by atoms with Gasteiger partial charge in [0.1, 0.15) is 0 Å². The van der Waals surface area contributed by atoms with Gasteiger partial charge in [-0.05, 0) is 67.6 Å². The lowest BCUT2D eigenvalue weighted by Gasteiger charge is -2.30. The van der Waals surface area contributed by atoms with Crippen molar-refractivity contribution in [1.29, 1.82) is 0 Å². The molecule has 6 atom stereocenters. The molecule has 0 aromatic rings. The maximum absolute atomic E-state index is 2.49. The minimum Gasteiger partial charge on any atom is -0.0654 e. The predicted molar refractivity (Wildman–Crippen MR) is 80.6 cm³/mol. The van der Waals surface area contributed by atoms with E-state index in [0.717, 1.165) is 35.5 Å². The van der Waals surface area contributed by atoms with Crippen LogP contribution in [0.15, 0.2) is 0 Å². The monoisotopic (exact) mass is 250 g/mol. The van der Waals surface area contributed by atoms with E-state index in [0.29, 0.717) is 0 Å². The summed E-state index contributed by atoms with van der Waals surface area (Å²) in [5.41, 5.74) is 0. The molecule has 18 heavy (non-hydrogen) atoms. The van der Waals surface area contributed by atoms with E-state index in [4.69, 9.17) is 0 Å². The highest BCUT2D eigenvalue weighted by molar-refractivity contribution is 4.97. The Morgan fingerprint density at radius 3 is 2.56 bits per heavy atom. The smallest absolute Gasteiger partial charge is 0.0354 e. The summed E-state index contributed by atoms with van der Waals surface area (Å²) in [5, 5.41) is 0. The molecular weight excluding hydrogens is 216 g/mol. The van der Waals surface area contributed by atoms with Gasteiger partial charge in [0.2, 0.25) is 0 Å². The first-order valence-electron chi connectivity index (χ1n) is 8.63. The molecule has 106 valence electrons. The maximum Gasteiger partial charge on any atom is -0.0354 e. The summed E-state index contributed by atoms with van der Waals surface area (Å²) in [6.45, 7) is 9.66. The van der Waals surface area contributed by atoms with E-state index in [-0.39, 0.29) is 0 Å². The summed E-state index contributed by atoms with van der Waals surface area (Å²) in [5.74, 6) is 6.38. The van der Waals surface area contributed by atoms with Gasteiger partial charge in [0.15, 0.2) is 0 Å². The van der Waals surface area contributed by atoms with Crippen LogP contribution in [-0.4, -0.2) is 0 Å². The van der Waals surface area contributed by atoms with Crippen molar-refractivity contribution in [2.75, 3.05) is 0 Å². The lowest BCUT2D eigenvalue weighted by atomic mass is 9.75. The zero-order valence-electron chi connectivity index (χ0n) is 13.1. The van der Waals surface area contributed by atoms with Gasteiger partial charge in [-0.15, -0.1) is 0 Å². The first-order chi connectivity index (χ1) is 8.63. The zero-order valence-corrected chi connectivity index (χ0v) is 13.1. The first-order valence-corrected chi connectivity index (χ1v) is 8.63. The molecule has 0 bridgehead atoms. The van der Waals surface area contributed by atoms with Crippen molar-refractivity contribution in [2.24, 2.45) is 35.5 Å². The quantitative estimate of drug-likeness (QED) is 0.527. The van der Waals surface area contributed by atoms with Crippen LogP contribution < -0.4 is 0 Å². The largest absolute Gasteiger partial charge is 0.0654 e. The predicted octanol–water partition coefficient (Wildman–Crippen LogP) is 5.91. The fraction of sp³-hybridized carbons (Fsp3) is 1.00. The molecule has 0 heteroatoms. The van der Waals surface area contributed by atoms with Crippen LogP contribution in [-0.2, 0) is 0 Å². The summed E-state index contributed by atoms with van der Waals surface area (Å²) in [4.78, 5) is 0. The van der Waals surface area contributed by atoms with Crippen molar-refractivity contribution in [2.45, 2.75) is 79.1 Å². The molecule has 0 aromatic carbocycles. The average Bonchev–Trinajstić information content (AvgIpc) is 3.08. The fourth-order valence-corrected chi connectivity index (χ4v) is 4.60. The molecule has 0 N–H and O–H groups in total. The van der Waals surface area contributed by atoms with Crippen molar-refractivity contribution in [3.8, 4) is 0 Å². The molecule has 2 aliphatic rings.